The molecule has 2 aromatic heterocycles. The first-order chi connectivity index (χ1) is 15.2. The van der Waals surface area contributed by atoms with Crippen molar-refractivity contribution in [2.75, 3.05) is 26.3 Å². The van der Waals surface area contributed by atoms with E-state index in [1.807, 2.05) is 39.9 Å². The highest BCUT2D eigenvalue weighted by atomic mass is 32.1. The lowest BCUT2D eigenvalue weighted by Gasteiger charge is -2.38. The van der Waals surface area contributed by atoms with E-state index in [1.165, 1.54) is 0 Å². The van der Waals surface area contributed by atoms with Gasteiger partial charge in [-0.2, -0.15) is 24.5 Å². The molecule has 11 heteroatoms. The van der Waals surface area contributed by atoms with Gasteiger partial charge in [0, 0.05) is 30.7 Å². The molecule has 1 unspecified atom stereocenters. The van der Waals surface area contributed by atoms with Crippen molar-refractivity contribution in [2.24, 2.45) is 5.41 Å². The molecule has 1 amide bonds. The lowest BCUT2D eigenvalue weighted by Crippen LogP contribution is -2.43. The molecule has 2 aromatic rings. The van der Waals surface area contributed by atoms with Crippen molar-refractivity contribution in [3.05, 3.63) is 46.8 Å². The van der Waals surface area contributed by atoms with Crippen molar-refractivity contribution in [2.45, 2.75) is 31.5 Å². The molecule has 2 fully saturated rings. The number of carbonyl (C=O) groups excluding carboxylic acids is 1. The van der Waals surface area contributed by atoms with Gasteiger partial charge in [-0.25, -0.2) is 9.78 Å². The van der Waals surface area contributed by atoms with Gasteiger partial charge in [0.05, 0.1) is 18.3 Å². The highest BCUT2D eigenvalue weighted by molar-refractivity contribution is 7.08. The lowest BCUT2D eigenvalue weighted by atomic mass is 9.76. The van der Waals surface area contributed by atoms with Gasteiger partial charge in [0.15, 0.2) is 0 Å². The number of aliphatic carboxylic acids is 1. The number of aromatic nitrogens is 1. The summed E-state index contributed by atoms with van der Waals surface area (Å²) in [5.41, 5.74) is 1.01. The molecule has 0 saturated carbocycles. The van der Waals surface area contributed by atoms with Crippen LogP contribution >= 0.6 is 11.3 Å². The van der Waals surface area contributed by atoms with Crippen LogP contribution in [0.15, 0.2) is 41.2 Å². The van der Waals surface area contributed by atoms with Crippen LogP contribution in [0.25, 0.3) is 0 Å². The van der Waals surface area contributed by atoms with Crippen LogP contribution < -0.4 is 4.74 Å². The summed E-state index contributed by atoms with van der Waals surface area (Å²) >= 11 is 1.57. The summed E-state index contributed by atoms with van der Waals surface area (Å²) in [6.07, 6.45) is -0.236. The maximum Gasteiger partial charge on any atom is 0.490 e. The summed E-state index contributed by atoms with van der Waals surface area (Å²) in [4.78, 5) is 27.5. The molecule has 4 rings (SSSR count). The van der Waals surface area contributed by atoms with Crippen LogP contribution in [0.3, 0.4) is 0 Å². The second-order valence-electron chi connectivity index (χ2n) is 7.72. The van der Waals surface area contributed by atoms with Crippen LogP contribution in [0.4, 0.5) is 13.2 Å². The molecule has 7 nitrogen and oxygen atoms in total. The molecule has 2 aliphatic rings. The lowest BCUT2D eigenvalue weighted by molar-refractivity contribution is -0.192. The Bertz CT molecular complexity index is 885. The Kier molecular flexibility index (Phi) is 7.73. The minimum absolute atomic E-state index is 0.112. The zero-order valence-electron chi connectivity index (χ0n) is 17.1. The SMILES string of the molecule is O=C(O)C(F)(F)F.O=C(c1ccsc1)N1CCC2(CC1)COC(COc1ccccn1)C2. The molecular formula is C21H23F3N2O5S. The summed E-state index contributed by atoms with van der Waals surface area (Å²) in [5, 5.41) is 11.0. The van der Waals surface area contributed by atoms with Gasteiger partial charge in [-0.05, 0) is 42.2 Å². The molecule has 1 atom stereocenters. The van der Waals surface area contributed by atoms with Gasteiger partial charge in [-0.1, -0.05) is 6.07 Å². The molecule has 1 spiro atoms. The Labute approximate surface area is 186 Å². The second kappa shape index (κ2) is 10.3. The van der Waals surface area contributed by atoms with Crippen LogP contribution in [0, 0.1) is 5.41 Å². The smallest absolute Gasteiger partial charge is 0.475 e. The van der Waals surface area contributed by atoms with Crippen molar-refractivity contribution >= 4 is 23.2 Å². The summed E-state index contributed by atoms with van der Waals surface area (Å²) < 4.78 is 43.5. The molecule has 0 aliphatic carbocycles. The van der Waals surface area contributed by atoms with E-state index in [-0.39, 0.29) is 17.4 Å². The van der Waals surface area contributed by atoms with Crippen molar-refractivity contribution in [3.63, 3.8) is 0 Å². The van der Waals surface area contributed by atoms with Crippen molar-refractivity contribution in [1.29, 1.82) is 0 Å². The van der Waals surface area contributed by atoms with E-state index in [0.717, 1.165) is 44.5 Å². The van der Waals surface area contributed by atoms with E-state index in [4.69, 9.17) is 19.4 Å². The molecule has 0 aromatic carbocycles. The van der Waals surface area contributed by atoms with E-state index in [1.54, 1.807) is 17.5 Å². The third kappa shape index (κ3) is 6.42. The topological polar surface area (TPSA) is 89.0 Å². The van der Waals surface area contributed by atoms with Gasteiger partial charge in [0.1, 0.15) is 6.61 Å². The first-order valence-corrected chi connectivity index (χ1v) is 10.9. The third-order valence-electron chi connectivity index (χ3n) is 5.46. The predicted octanol–water partition coefficient (Wildman–Crippen LogP) is 3.87. The van der Waals surface area contributed by atoms with Crippen molar-refractivity contribution in [3.8, 4) is 5.88 Å². The van der Waals surface area contributed by atoms with E-state index in [9.17, 15) is 18.0 Å². The Morgan fingerprint density at radius 3 is 2.56 bits per heavy atom. The Balaban J connectivity index is 0.000000360. The minimum Gasteiger partial charge on any atom is -0.475 e. The van der Waals surface area contributed by atoms with E-state index in [0.29, 0.717) is 12.5 Å². The van der Waals surface area contributed by atoms with Crippen LogP contribution in [0.5, 0.6) is 5.88 Å². The Hall–Kier alpha value is -2.66. The number of halogens is 3. The number of carbonyl (C=O) groups is 2. The second-order valence-corrected chi connectivity index (χ2v) is 8.50. The molecule has 0 bridgehead atoms. The number of nitrogens with zero attached hydrogens (tertiary/aromatic N) is 2. The van der Waals surface area contributed by atoms with Crippen LogP contribution in [-0.4, -0.2) is 65.5 Å². The molecule has 1 N–H and O–H groups in total. The number of hydrogen-bond donors (Lipinski definition) is 1. The standard InChI is InChI=1S/C19H22N2O3S.C2HF3O2/c22-18(15-4-10-25-13-15)21-8-5-19(6-9-21)11-16(24-14-19)12-23-17-3-1-2-7-20-17;3-2(4,5)1(6)7/h1-4,7,10,13,16H,5-6,8-9,11-12,14H2;(H,6,7). The normalized spacial score (nSPS) is 19.8. The van der Waals surface area contributed by atoms with Gasteiger partial charge >= 0.3 is 12.1 Å². The highest BCUT2D eigenvalue weighted by Gasteiger charge is 2.43. The molecular weight excluding hydrogens is 449 g/mol. The number of carboxylic acid groups (broad SMARTS) is 1. The molecule has 0 radical (unpaired) electrons. The van der Waals surface area contributed by atoms with Gasteiger partial charge in [-0.3, -0.25) is 4.79 Å². The molecule has 2 aliphatic heterocycles. The number of amides is 1. The average molecular weight is 472 g/mol. The van der Waals surface area contributed by atoms with Gasteiger partial charge in [-0.15, -0.1) is 0 Å². The fraction of sp³-hybridized carbons (Fsp3) is 0.476. The summed E-state index contributed by atoms with van der Waals surface area (Å²) in [7, 11) is 0. The number of piperidine rings is 1. The van der Waals surface area contributed by atoms with Gasteiger partial charge < -0.3 is 19.5 Å². The van der Waals surface area contributed by atoms with Crippen LogP contribution in [-0.2, 0) is 9.53 Å². The summed E-state index contributed by atoms with van der Waals surface area (Å²) in [6.45, 7) is 2.93. The fourth-order valence-electron chi connectivity index (χ4n) is 3.71. The zero-order chi connectivity index (χ0) is 23.2. The number of rotatable bonds is 4. The van der Waals surface area contributed by atoms with Gasteiger partial charge in [0.2, 0.25) is 5.88 Å². The first-order valence-electron chi connectivity index (χ1n) is 9.96. The van der Waals surface area contributed by atoms with Crippen LogP contribution in [0.2, 0.25) is 0 Å². The number of ether oxygens (including phenoxy) is 2. The number of pyridine rings is 1. The van der Waals surface area contributed by atoms with Crippen LogP contribution in [0.1, 0.15) is 29.6 Å². The zero-order valence-corrected chi connectivity index (χ0v) is 17.9. The monoisotopic (exact) mass is 472 g/mol. The molecule has 174 valence electrons. The number of carboxylic acids is 1. The fourth-order valence-corrected chi connectivity index (χ4v) is 4.34. The maximum atomic E-state index is 12.5. The highest BCUT2D eigenvalue weighted by Crippen LogP contribution is 2.42. The summed E-state index contributed by atoms with van der Waals surface area (Å²) in [6, 6.07) is 7.55. The first kappa shape index (κ1) is 24.0. The third-order valence-corrected chi connectivity index (χ3v) is 6.15. The largest absolute Gasteiger partial charge is 0.490 e. The maximum absolute atomic E-state index is 12.5. The Morgan fingerprint density at radius 2 is 2.00 bits per heavy atom. The van der Waals surface area contributed by atoms with Crippen molar-refractivity contribution in [1.82, 2.24) is 9.88 Å². The number of likely N-dealkylation sites (tertiary alicyclic amines) is 1. The predicted molar refractivity (Wildman–Crippen MR) is 110 cm³/mol. The Morgan fingerprint density at radius 1 is 1.28 bits per heavy atom. The minimum atomic E-state index is -5.08. The number of thiophene rings is 1. The van der Waals surface area contributed by atoms with Gasteiger partial charge in [0.25, 0.3) is 5.91 Å². The summed E-state index contributed by atoms with van der Waals surface area (Å²) in [5.74, 6) is -1.96. The molecule has 32 heavy (non-hydrogen) atoms. The molecule has 2 saturated heterocycles. The average Bonchev–Trinajstić information content (AvgIpc) is 3.44. The van der Waals surface area contributed by atoms with E-state index in [2.05, 4.69) is 4.98 Å². The number of hydrogen-bond acceptors (Lipinski definition) is 6. The quantitative estimate of drug-likeness (QED) is 0.727. The molecule has 4 heterocycles. The van der Waals surface area contributed by atoms with Crippen molar-refractivity contribution < 1.29 is 37.3 Å². The van der Waals surface area contributed by atoms with E-state index >= 15 is 0 Å². The number of alkyl halides is 3. The van der Waals surface area contributed by atoms with E-state index < -0.39 is 12.1 Å².